The summed E-state index contributed by atoms with van der Waals surface area (Å²) in [7, 11) is 1.96. The van der Waals surface area contributed by atoms with E-state index in [1.807, 2.05) is 11.9 Å². The summed E-state index contributed by atoms with van der Waals surface area (Å²) in [5.41, 5.74) is 9.14. The lowest BCUT2D eigenvalue weighted by molar-refractivity contribution is 1.07. The van der Waals surface area contributed by atoms with E-state index in [1.54, 1.807) is 6.20 Å². The van der Waals surface area contributed by atoms with Gasteiger partial charge in [0.2, 0.25) is 5.95 Å². The second kappa shape index (κ2) is 4.94. The number of nitrogen functional groups attached to an aromatic ring is 1. The molecule has 5 heteroatoms. The molecule has 0 radical (unpaired) electrons. The largest absolute Gasteiger partial charge is 0.368 e. The molecule has 0 spiro atoms. The van der Waals surface area contributed by atoms with Crippen LogP contribution in [0.15, 0.2) is 28.9 Å². The van der Waals surface area contributed by atoms with Gasteiger partial charge in [-0.1, -0.05) is 6.07 Å². The average molecular weight is 307 g/mol. The van der Waals surface area contributed by atoms with Crippen molar-refractivity contribution < 1.29 is 0 Å². The summed E-state index contributed by atoms with van der Waals surface area (Å²) in [6.45, 7) is 4.15. The van der Waals surface area contributed by atoms with Crippen LogP contribution in [0, 0.1) is 13.8 Å². The van der Waals surface area contributed by atoms with Gasteiger partial charge in [0.25, 0.3) is 0 Å². The number of benzene rings is 1. The van der Waals surface area contributed by atoms with Gasteiger partial charge in [-0.2, -0.15) is 4.98 Å². The number of aromatic nitrogens is 2. The third kappa shape index (κ3) is 2.61. The summed E-state index contributed by atoms with van der Waals surface area (Å²) in [4.78, 5) is 10.2. The molecule has 2 N–H and O–H groups in total. The topological polar surface area (TPSA) is 55.0 Å². The summed E-state index contributed by atoms with van der Waals surface area (Å²) in [6, 6.07) is 6.36. The van der Waals surface area contributed by atoms with Crippen LogP contribution in [-0.4, -0.2) is 17.0 Å². The smallest absolute Gasteiger partial charge is 0.222 e. The zero-order valence-corrected chi connectivity index (χ0v) is 12.2. The van der Waals surface area contributed by atoms with Gasteiger partial charge < -0.3 is 10.6 Å². The van der Waals surface area contributed by atoms with Crippen LogP contribution >= 0.6 is 15.9 Å². The molecule has 0 fully saturated rings. The summed E-state index contributed by atoms with van der Waals surface area (Å²) >= 11 is 3.44. The van der Waals surface area contributed by atoms with Gasteiger partial charge in [0.1, 0.15) is 0 Å². The summed E-state index contributed by atoms with van der Waals surface area (Å²) in [5, 5.41) is 0. The molecular formula is C13H15BrN4. The second-order valence-corrected chi connectivity index (χ2v) is 5.16. The Kier molecular flexibility index (Phi) is 3.52. The van der Waals surface area contributed by atoms with Gasteiger partial charge in [-0.15, -0.1) is 0 Å². The van der Waals surface area contributed by atoms with Crippen LogP contribution in [-0.2, 0) is 0 Å². The Hall–Kier alpha value is -1.62. The van der Waals surface area contributed by atoms with Crippen molar-refractivity contribution in [2.45, 2.75) is 13.8 Å². The maximum Gasteiger partial charge on any atom is 0.222 e. The maximum absolute atomic E-state index is 5.63. The number of anilines is 3. The minimum atomic E-state index is 0.268. The molecule has 0 bridgehead atoms. The lowest BCUT2D eigenvalue weighted by atomic mass is 10.1. The Morgan fingerprint density at radius 2 is 1.78 bits per heavy atom. The first-order chi connectivity index (χ1) is 8.47. The molecule has 0 atom stereocenters. The third-order valence-corrected chi connectivity index (χ3v) is 3.22. The van der Waals surface area contributed by atoms with Crippen LogP contribution in [0.25, 0.3) is 0 Å². The summed E-state index contributed by atoms with van der Waals surface area (Å²) in [5.74, 6) is 1.02. The van der Waals surface area contributed by atoms with Gasteiger partial charge in [0.15, 0.2) is 5.82 Å². The minimum absolute atomic E-state index is 0.268. The molecule has 2 aromatic rings. The molecule has 18 heavy (non-hydrogen) atoms. The van der Waals surface area contributed by atoms with Gasteiger partial charge in [-0.3, -0.25) is 0 Å². The van der Waals surface area contributed by atoms with Gasteiger partial charge in [0, 0.05) is 18.9 Å². The van der Waals surface area contributed by atoms with Crippen LogP contribution in [0.5, 0.6) is 0 Å². The van der Waals surface area contributed by atoms with Crippen LogP contribution in [0.3, 0.4) is 0 Å². The van der Waals surface area contributed by atoms with Crippen molar-refractivity contribution in [2.24, 2.45) is 0 Å². The number of halogens is 1. The van der Waals surface area contributed by atoms with E-state index in [1.165, 1.54) is 11.1 Å². The van der Waals surface area contributed by atoms with Crippen LogP contribution < -0.4 is 10.6 Å². The standard InChI is InChI=1S/C13H15BrN4/c1-8-4-9(2)6-10(5-8)18(3)12-11(14)7-16-13(15)17-12/h4-7H,1-3H3,(H2,15,16,17). The van der Waals surface area contributed by atoms with E-state index < -0.39 is 0 Å². The highest BCUT2D eigenvalue weighted by atomic mass is 79.9. The molecule has 0 aliphatic rings. The quantitative estimate of drug-likeness (QED) is 0.925. The number of aryl methyl sites for hydroxylation is 2. The Bertz CT molecular complexity index is 563. The van der Waals surface area contributed by atoms with Crippen LogP contribution in [0.1, 0.15) is 11.1 Å². The molecule has 0 aliphatic heterocycles. The maximum atomic E-state index is 5.63. The number of nitrogens with zero attached hydrogens (tertiary/aromatic N) is 3. The molecule has 0 amide bonds. The molecule has 94 valence electrons. The average Bonchev–Trinajstić information content (AvgIpc) is 2.30. The van der Waals surface area contributed by atoms with E-state index in [9.17, 15) is 0 Å². The fourth-order valence-corrected chi connectivity index (χ4v) is 2.33. The Balaban J connectivity index is 2.47. The summed E-state index contributed by atoms with van der Waals surface area (Å²) < 4.78 is 0.818. The monoisotopic (exact) mass is 306 g/mol. The molecule has 1 aromatic carbocycles. The molecule has 0 saturated heterocycles. The van der Waals surface area contributed by atoms with Crippen LogP contribution in [0.2, 0.25) is 0 Å². The first kappa shape index (κ1) is 12.8. The number of hydrogen-bond donors (Lipinski definition) is 1. The summed E-state index contributed by atoms with van der Waals surface area (Å²) in [6.07, 6.45) is 1.66. The number of hydrogen-bond acceptors (Lipinski definition) is 4. The predicted octanol–water partition coefficient (Wildman–Crippen LogP) is 3.21. The predicted molar refractivity (Wildman–Crippen MR) is 78.1 cm³/mol. The van der Waals surface area contributed by atoms with E-state index in [0.29, 0.717) is 0 Å². The highest BCUT2D eigenvalue weighted by Crippen LogP contribution is 2.29. The molecule has 1 aromatic heterocycles. The van der Waals surface area contributed by atoms with Gasteiger partial charge in [-0.25, -0.2) is 4.98 Å². The lowest BCUT2D eigenvalue weighted by Gasteiger charge is -2.20. The zero-order chi connectivity index (χ0) is 13.3. The molecular weight excluding hydrogens is 292 g/mol. The highest BCUT2D eigenvalue weighted by Gasteiger charge is 2.11. The van der Waals surface area contributed by atoms with E-state index in [-0.39, 0.29) is 5.95 Å². The van der Waals surface area contributed by atoms with Gasteiger partial charge >= 0.3 is 0 Å². The van der Waals surface area contributed by atoms with Crippen molar-refractivity contribution in [1.29, 1.82) is 0 Å². The van der Waals surface area contributed by atoms with Crippen molar-refractivity contribution in [2.75, 3.05) is 17.7 Å². The first-order valence-electron chi connectivity index (χ1n) is 5.57. The Labute approximate surface area is 115 Å². The number of rotatable bonds is 2. The van der Waals surface area contributed by atoms with E-state index in [0.717, 1.165) is 16.0 Å². The van der Waals surface area contributed by atoms with Crippen molar-refractivity contribution >= 4 is 33.4 Å². The number of nitrogens with two attached hydrogens (primary N) is 1. The molecule has 0 aliphatic carbocycles. The fraction of sp³-hybridized carbons (Fsp3) is 0.231. The lowest BCUT2D eigenvalue weighted by Crippen LogP contribution is -2.13. The Morgan fingerprint density at radius 1 is 1.17 bits per heavy atom. The van der Waals surface area contributed by atoms with E-state index in [2.05, 4.69) is 57.9 Å². The Morgan fingerprint density at radius 3 is 2.39 bits per heavy atom. The molecule has 4 nitrogen and oxygen atoms in total. The normalized spacial score (nSPS) is 10.4. The molecule has 0 saturated carbocycles. The first-order valence-corrected chi connectivity index (χ1v) is 6.36. The zero-order valence-electron chi connectivity index (χ0n) is 10.6. The highest BCUT2D eigenvalue weighted by molar-refractivity contribution is 9.10. The van der Waals surface area contributed by atoms with Crippen molar-refractivity contribution in [1.82, 2.24) is 9.97 Å². The molecule has 1 heterocycles. The van der Waals surface area contributed by atoms with Gasteiger partial charge in [-0.05, 0) is 53.0 Å². The van der Waals surface area contributed by atoms with Crippen molar-refractivity contribution in [3.63, 3.8) is 0 Å². The van der Waals surface area contributed by atoms with Crippen LogP contribution in [0.4, 0.5) is 17.5 Å². The third-order valence-electron chi connectivity index (χ3n) is 2.66. The van der Waals surface area contributed by atoms with Gasteiger partial charge in [0.05, 0.1) is 4.47 Å². The second-order valence-electron chi connectivity index (χ2n) is 4.30. The van der Waals surface area contributed by atoms with Crippen molar-refractivity contribution in [3.8, 4) is 0 Å². The molecule has 2 rings (SSSR count). The fourth-order valence-electron chi connectivity index (χ4n) is 1.87. The van der Waals surface area contributed by atoms with E-state index in [4.69, 9.17) is 5.73 Å². The molecule has 0 unspecified atom stereocenters. The van der Waals surface area contributed by atoms with E-state index >= 15 is 0 Å². The van der Waals surface area contributed by atoms with Crippen molar-refractivity contribution in [3.05, 3.63) is 40.0 Å². The minimum Gasteiger partial charge on any atom is -0.368 e. The SMILES string of the molecule is Cc1cc(C)cc(N(C)c2nc(N)ncc2Br)c1.